The van der Waals surface area contributed by atoms with Crippen LogP contribution in [0.5, 0.6) is 11.5 Å². The number of rotatable bonds is 14. The monoisotopic (exact) mass is 538 g/mol. The first-order chi connectivity index (χ1) is 19.5. The largest absolute Gasteiger partial charge is 0.497 e. The molecule has 6 nitrogen and oxygen atoms in total. The number of aliphatic hydroxyl groups excluding tert-OH is 1. The number of carbonyl (C=O) groups excluding carboxylic acids is 1. The Labute approximate surface area is 237 Å². The Morgan fingerprint density at radius 3 is 2.17 bits per heavy atom. The summed E-state index contributed by atoms with van der Waals surface area (Å²) in [5.74, 6) is 1.38. The zero-order chi connectivity index (χ0) is 28.3. The molecule has 4 rings (SSSR count). The SMILES string of the molecule is COc1ccc(CC(C)N(C[C@H](O)c2ccc(OCc3ccccc3)c(NC=O)c2)[C@H](C)c2ccccc2)cc1. The Hall–Kier alpha value is -4.13. The summed E-state index contributed by atoms with van der Waals surface area (Å²) in [5, 5.41) is 14.2. The topological polar surface area (TPSA) is 71.0 Å². The first-order valence-electron chi connectivity index (χ1n) is 13.6. The molecule has 0 aromatic heterocycles. The third-order valence-corrected chi connectivity index (χ3v) is 7.26. The van der Waals surface area contributed by atoms with Crippen molar-refractivity contribution < 1.29 is 19.4 Å². The summed E-state index contributed by atoms with van der Waals surface area (Å²) in [6, 6.07) is 34.0. The molecule has 40 heavy (non-hydrogen) atoms. The van der Waals surface area contributed by atoms with Crippen LogP contribution in [0.4, 0.5) is 5.69 Å². The molecule has 0 bridgehead atoms. The van der Waals surface area contributed by atoms with E-state index in [4.69, 9.17) is 9.47 Å². The molecule has 2 N–H and O–H groups in total. The van der Waals surface area contributed by atoms with E-state index in [9.17, 15) is 9.90 Å². The van der Waals surface area contributed by atoms with Gasteiger partial charge < -0.3 is 19.9 Å². The summed E-state index contributed by atoms with van der Waals surface area (Å²) in [4.78, 5) is 13.7. The van der Waals surface area contributed by atoms with Crippen LogP contribution >= 0.6 is 0 Å². The van der Waals surface area contributed by atoms with Gasteiger partial charge in [0.05, 0.1) is 18.9 Å². The van der Waals surface area contributed by atoms with Gasteiger partial charge in [0, 0.05) is 18.6 Å². The molecule has 4 aromatic carbocycles. The zero-order valence-corrected chi connectivity index (χ0v) is 23.4. The maximum atomic E-state index is 11.4. The van der Waals surface area contributed by atoms with Crippen LogP contribution < -0.4 is 14.8 Å². The van der Waals surface area contributed by atoms with E-state index in [2.05, 4.69) is 48.3 Å². The molecule has 0 spiro atoms. The molecule has 0 fully saturated rings. The number of ether oxygens (including phenoxy) is 2. The highest BCUT2D eigenvalue weighted by Gasteiger charge is 2.25. The van der Waals surface area contributed by atoms with Crippen molar-refractivity contribution in [1.82, 2.24) is 4.90 Å². The van der Waals surface area contributed by atoms with E-state index < -0.39 is 6.10 Å². The van der Waals surface area contributed by atoms with Crippen LogP contribution in [0.2, 0.25) is 0 Å². The van der Waals surface area contributed by atoms with Gasteiger partial charge in [-0.1, -0.05) is 78.9 Å². The standard InChI is InChI=1S/C34H38N2O4/c1-25(20-27-14-17-31(39-3)18-15-27)36(26(2)29-12-8-5-9-13-29)22-33(38)30-16-19-34(32(21-30)35-24-37)40-23-28-10-6-4-7-11-28/h4-19,21,24-26,33,38H,20,22-23H2,1-3H3,(H,35,37)/t25?,26-,33+/m1/s1. The predicted octanol–water partition coefficient (Wildman–Crippen LogP) is 6.57. The number of hydrogen-bond donors (Lipinski definition) is 2. The number of benzene rings is 4. The molecule has 4 aromatic rings. The lowest BCUT2D eigenvalue weighted by molar-refractivity contribution is -0.105. The van der Waals surface area contributed by atoms with Crippen molar-refractivity contribution in [1.29, 1.82) is 0 Å². The molecular weight excluding hydrogens is 500 g/mol. The van der Waals surface area contributed by atoms with Gasteiger partial charge in [-0.2, -0.15) is 0 Å². The minimum absolute atomic E-state index is 0.0742. The maximum absolute atomic E-state index is 11.4. The summed E-state index contributed by atoms with van der Waals surface area (Å²) >= 11 is 0. The summed E-state index contributed by atoms with van der Waals surface area (Å²) in [7, 11) is 1.67. The number of nitrogens with one attached hydrogen (secondary N) is 1. The van der Waals surface area contributed by atoms with E-state index in [1.54, 1.807) is 19.2 Å². The third-order valence-electron chi connectivity index (χ3n) is 7.26. The highest BCUT2D eigenvalue weighted by atomic mass is 16.5. The number of methoxy groups -OCH3 is 1. The second-order valence-electron chi connectivity index (χ2n) is 9.99. The van der Waals surface area contributed by atoms with Gasteiger partial charge in [0.15, 0.2) is 0 Å². The minimum atomic E-state index is -0.778. The van der Waals surface area contributed by atoms with Crippen molar-refractivity contribution in [3.05, 3.63) is 125 Å². The molecule has 6 heteroatoms. The van der Waals surface area contributed by atoms with Crippen LogP contribution in [0.1, 0.15) is 48.2 Å². The molecule has 1 unspecified atom stereocenters. The summed E-state index contributed by atoms with van der Waals surface area (Å²) in [5.41, 5.74) is 4.64. The lowest BCUT2D eigenvalue weighted by Crippen LogP contribution is -2.39. The molecule has 1 amide bonds. The molecule has 0 saturated carbocycles. The van der Waals surface area contributed by atoms with Gasteiger partial charge in [-0.25, -0.2) is 0 Å². The van der Waals surface area contributed by atoms with Gasteiger partial charge in [-0.15, -0.1) is 0 Å². The lowest BCUT2D eigenvalue weighted by atomic mass is 9.99. The second kappa shape index (κ2) is 14.3. The smallest absolute Gasteiger partial charge is 0.211 e. The summed E-state index contributed by atoms with van der Waals surface area (Å²) in [6.07, 6.45) is 0.666. The van der Waals surface area contributed by atoms with Crippen molar-refractivity contribution in [3.8, 4) is 11.5 Å². The van der Waals surface area contributed by atoms with Crippen molar-refractivity contribution in [2.45, 2.75) is 45.1 Å². The van der Waals surface area contributed by atoms with Gasteiger partial charge in [-0.05, 0) is 66.8 Å². The van der Waals surface area contributed by atoms with Crippen LogP contribution in [-0.2, 0) is 17.8 Å². The Kier molecular flexibility index (Phi) is 10.3. The quantitative estimate of drug-likeness (QED) is 0.178. The number of hydrogen-bond acceptors (Lipinski definition) is 5. The fourth-order valence-corrected chi connectivity index (χ4v) is 4.96. The van der Waals surface area contributed by atoms with E-state index in [1.165, 1.54) is 11.1 Å². The third kappa shape index (κ3) is 7.72. The van der Waals surface area contributed by atoms with Crippen molar-refractivity contribution >= 4 is 12.1 Å². The van der Waals surface area contributed by atoms with Gasteiger partial charge in [0.25, 0.3) is 0 Å². The number of aliphatic hydroxyl groups is 1. The van der Waals surface area contributed by atoms with E-state index >= 15 is 0 Å². The highest BCUT2D eigenvalue weighted by molar-refractivity contribution is 5.76. The Morgan fingerprint density at radius 1 is 0.850 bits per heavy atom. The minimum Gasteiger partial charge on any atom is -0.497 e. The number of anilines is 1. The number of amides is 1. The van der Waals surface area contributed by atoms with E-state index in [0.717, 1.165) is 17.7 Å². The molecule has 0 aliphatic rings. The average molecular weight is 539 g/mol. The molecule has 208 valence electrons. The fourth-order valence-electron chi connectivity index (χ4n) is 4.96. The highest BCUT2D eigenvalue weighted by Crippen LogP contribution is 2.32. The summed E-state index contributed by atoms with van der Waals surface area (Å²) < 4.78 is 11.3. The normalized spacial score (nSPS) is 13.3. The summed E-state index contributed by atoms with van der Waals surface area (Å²) in [6.45, 7) is 5.16. The van der Waals surface area contributed by atoms with Gasteiger partial charge in [0.2, 0.25) is 6.41 Å². The van der Waals surface area contributed by atoms with Crippen LogP contribution in [0, 0.1) is 0 Å². The number of carbonyl (C=O) groups is 1. The molecular formula is C34H38N2O4. The van der Waals surface area contributed by atoms with E-state index in [-0.39, 0.29) is 12.1 Å². The number of nitrogens with zero attached hydrogens (tertiary/aromatic N) is 1. The van der Waals surface area contributed by atoms with Crippen LogP contribution in [0.3, 0.4) is 0 Å². The van der Waals surface area contributed by atoms with Crippen LogP contribution in [0.15, 0.2) is 103 Å². The molecule has 0 saturated heterocycles. The Balaban J connectivity index is 1.54. The Morgan fingerprint density at radius 2 is 1.52 bits per heavy atom. The first-order valence-corrected chi connectivity index (χ1v) is 13.6. The van der Waals surface area contributed by atoms with E-state index in [0.29, 0.717) is 36.6 Å². The first kappa shape index (κ1) is 28.9. The zero-order valence-electron chi connectivity index (χ0n) is 23.4. The molecule has 0 heterocycles. The van der Waals surface area contributed by atoms with Gasteiger partial charge >= 0.3 is 0 Å². The Bertz CT molecular complexity index is 1330. The molecule has 3 atom stereocenters. The van der Waals surface area contributed by atoms with E-state index in [1.807, 2.05) is 66.7 Å². The van der Waals surface area contributed by atoms with Crippen molar-refractivity contribution in [2.24, 2.45) is 0 Å². The molecule has 0 radical (unpaired) electrons. The van der Waals surface area contributed by atoms with Crippen molar-refractivity contribution in [2.75, 3.05) is 19.0 Å². The lowest BCUT2D eigenvalue weighted by Gasteiger charge is -2.36. The van der Waals surface area contributed by atoms with Crippen LogP contribution in [-0.4, -0.2) is 36.1 Å². The predicted molar refractivity (Wildman–Crippen MR) is 160 cm³/mol. The maximum Gasteiger partial charge on any atom is 0.211 e. The molecule has 0 aliphatic heterocycles. The fraction of sp³-hybridized carbons (Fsp3) is 0.265. The van der Waals surface area contributed by atoms with Gasteiger partial charge in [0.1, 0.15) is 18.1 Å². The van der Waals surface area contributed by atoms with Crippen LogP contribution in [0.25, 0.3) is 0 Å². The molecule has 0 aliphatic carbocycles. The van der Waals surface area contributed by atoms with Crippen molar-refractivity contribution in [3.63, 3.8) is 0 Å². The van der Waals surface area contributed by atoms with Gasteiger partial charge in [-0.3, -0.25) is 9.69 Å². The second-order valence-corrected chi connectivity index (χ2v) is 9.99. The average Bonchev–Trinajstić information content (AvgIpc) is 3.00.